The maximum atomic E-state index is 14.2. The van der Waals surface area contributed by atoms with E-state index in [0.29, 0.717) is 0 Å². The summed E-state index contributed by atoms with van der Waals surface area (Å²) in [6.07, 6.45) is -12.5. The predicted molar refractivity (Wildman–Crippen MR) is 93.6 cm³/mol. The first kappa shape index (κ1) is 25.2. The largest absolute Gasteiger partial charge is 0.478 e. The molecule has 0 saturated carbocycles. The van der Waals surface area contributed by atoms with Crippen molar-refractivity contribution in [3.8, 4) is 0 Å². The third-order valence-corrected chi connectivity index (χ3v) is 4.68. The van der Waals surface area contributed by atoms with E-state index in [-0.39, 0.29) is 36.4 Å². The minimum atomic E-state index is -6.27. The van der Waals surface area contributed by atoms with E-state index in [4.69, 9.17) is 20.4 Å². The van der Waals surface area contributed by atoms with E-state index in [2.05, 4.69) is 0 Å². The fourth-order valence-electron chi connectivity index (χ4n) is 3.26. The average molecular weight is 480 g/mol. The lowest BCUT2D eigenvalue weighted by molar-refractivity contribution is -0.288. The Labute approximate surface area is 178 Å². The lowest BCUT2D eigenvalue weighted by atomic mass is 9.71. The Bertz CT molecular complexity index is 1070. The molecule has 0 amide bonds. The smallest absolute Gasteiger partial charge is 0.411 e. The first-order valence-electron chi connectivity index (χ1n) is 8.32. The molecule has 0 radical (unpaired) electrons. The second-order valence-electron chi connectivity index (χ2n) is 6.49. The summed E-state index contributed by atoms with van der Waals surface area (Å²) >= 11 is 0. The normalized spacial score (nSPS) is 12.3. The molecule has 0 atom stereocenters. The highest BCUT2D eigenvalue weighted by Gasteiger charge is 2.72. The first-order chi connectivity index (χ1) is 15.0. The lowest BCUT2D eigenvalue weighted by Gasteiger charge is -2.38. The molecule has 0 unspecified atom stereocenters. The molecule has 0 aliphatic rings. The third-order valence-electron chi connectivity index (χ3n) is 4.68. The molecule has 33 heavy (non-hydrogen) atoms. The molecular formula is C19H10F6O8. The van der Waals surface area contributed by atoms with Crippen molar-refractivity contribution in [3.05, 3.63) is 69.8 Å². The SMILES string of the molecule is O=C(O)c1ccc(C(c2ccc(C(=O)O)c(C(=O)O)c2)(C(F)(F)F)C(F)(F)F)cc1C(=O)O. The summed E-state index contributed by atoms with van der Waals surface area (Å²) in [4.78, 5) is 45.0. The second-order valence-corrected chi connectivity index (χ2v) is 6.49. The van der Waals surface area contributed by atoms with Crippen LogP contribution in [-0.2, 0) is 5.41 Å². The quantitative estimate of drug-likeness (QED) is 0.455. The zero-order valence-corrected chi connectivity index (χ0v) is 15.7. The van der Waals surface area contributed by atoms with Crippen LogP contribution < -0.4 is 0 Å². The summed E-state index contributed by atoms with van der Waals surface area (Å²) in [7, 11) is 0. The van der Waals surface area contributed by atoms with Gasteiger partial charge >= 0.3 is 36.2 Å². The summed E-state index contributed by atoms with van der Waals surface area (Å²) < 4.78 is 85.1. The number of hydrogen-bond acceptors (Lipinski definition) is 4. The monoisotopic (exact) mass is 480 g/mol. The molecular weight excluding hydrogens is 470 g/mol. The highest BCUT2D eigenvalue weighted by molar-refractivity contribution is 6.02. The van der Waals surface area contributed by atoms with Crippen LogP contribution in [0, 0.1) is 0 Å². The van der Waals surface area contributed by atoms with Crippen LogP contribution in [0.4, 0.5) is 26.3 Å². The van der Waals surface area contributed by atoms with Crippen molar-refractivity contribution in [2.75, 3.05) is 0 Å². The van der Waals surface area contributed by atoms with Gasteiger partial charge < -0.3 is 20.4 Å². The van der Waals surface area contributed by atoms with E-state index in [1.165, 1.54) is 0 Å². The summed E-state index contributed by atoms with van der Waals surface area (Å²) in [5.41, 5.74) is -13.6. The van der Waals surface area contributed by atoms with E-state index >= 15 is 0 Å². The Morgan fingerprint density at radius 2 is 0.788 bits per heavy atom. The van der Waals surface area contributed by atoms with Crippen LogP contribution in [0.1, 0.15) is 52.6 Å². The molecule has 176 valence electrons. The number of alkyl halides is 6. The van der Waals surface area contributed by atoms with Gasteiger partial charge in [-0.1, -0.05) is 12.1 Å². The molecule has 0 aromatic heterocycles. The Kier molecular flexibility index (Phi) is 6.18. The molecule has 14 heteroatoms. The average Bonchev–Trinajstić information content (AvgIpc) is 2.65. The Hall–Kier alpha value is -4.10. The minimum Gasteiger partial charge on any atom is -0.478 e. The van der Waals surface area contributed by atoms with Crippen molar-refractivity contribution in [3.63, 3.8) is 0 Å². The zero-order chi connectivity index (χ0) is 25.5. The van der Waals surface area contributed by atoms with Gasteiger partial charge in [0.1, 0.15) is 0 Å². The van der Waals surface area contributed by atoms with Gasteiger partial charge in [0.25, 0.3) is 0 Å². The van der Waals surface area contributed by atoms with Gasteiger partial charge in [0, 0.05) is 0 Å². The van der Waals surface area contributed by atoms with Gasteiger partial charge in [-0.2, -0.15) is 26.3 Å². The molecule has 0 saturated heterocycles. The highest BCUT2D eigenvalue weighted by atomic mass is 19.4. The molecule has 8 nitrogen and oxygen atoms in total. The molecule has 4 N–H and O–H groups in total. The maximum Gasteiger partial charge on any atom is 0.411 e. The molecule has 0 bridgehead atoms. The van der Waals surface area contributed by atoms with Crippen LogP contribution in [0.15, 0.2) is 36.4 Å². The Morgan fingerprint density at radius 1 is 0.515 bits per heavy atom. The zero-order valence-electron chi connectivity index (χ0n) is 15.7. The first-order valence-corrected chi connectivity index (χ1v) is 8.32. The molecule has 2 aromatic carbocycles. The fraction of sp³-hybridized carbons (Fsp3) is 0.158. The summed E-state index contributed by atoms with van der Waals surface area (Å²) in [5, 5.41) is 36.2. The molecule has 0 fully saturated rings. The van der Waals surface area contributed by atoms with Crippen LogP contribution >= 0.6 is 0 Å². The lowest BCUT2D eigenvalue weighted by Crippen LogP contribution is -2.55. The van der Waals surface area contributed by atoms with Gasteiger partial charge in [0.15, 0.2) is 0 Å². The Morgan fingerprint density at radius 3 is 1.00 bits per heavy atom. The van der Waals surface area contributed by atoms with Crippen molar-refractivity contribution in [1.82, 2.24) is 0 Å². The van der Waals surface area contributed by atoms with Gasteiger partial charge in [-0.25, -0.2) is 19.2 Å². The van der Waals surface area contributed by atoms with E-state index in [9.17, 15) is 45.5 Å². The van der Waals surface area contributed by atoms with Crippen molar-refractivity contribution >= 4 is 23.9 Å². The van der Waals surface area contributed by atoms with Crippen LogP contribution in [0.3, 0.4) is 0 Å². The van der Waals surface area contributed by atoms with Gasteiger partial charge in [-0.05, 0) is 35.4 Å². The number of rotatable bonds is 6. The molecule has 2 rings (SSSR count). The van der Waals surface area contributed by atoms with Gasteiger partial charge in [0.2, 0.25) is 5.41 Å². The number of hydrogen-bond donors (Lipinski definition) is 4. The Balaban J connectivity index is 3.10. The molecule has 2 aromatic rings. The summed E-state index contributed by atoms with van der Waals surface area (Å²) in [6.45, 7) is 0. The van der Waals surface area contributed by atoms with E-state index in [1.54, 1.807) is 0 Å². The van der Waals surface area contributed by atoms with Crippen LogP contribution in [0.5, 0.6) is 0 Å². The maximum absolute atomic E-state index is 14.2. The van der Waals surface area contributed by atoms with Gasteiger partial charge in [-0.3, -0.25) is 0 Å². The van der Waals surface area contributed by atoms with Gasteiger partial charge in [0.05, 0.1) is 22.3 Å². The molecule has 0 aliphatic heterocycles. The van der Waals surface area contributed by atoms with Crippen LogP contribution in [-0.4, -0.2) is 56.7 Å². The van der Waals surface area contributed by atoms with Gasteiger partial charge in [-0.15, -0.1) is 0 Å². The van der Waals surface area contributed by atoms with E-state index in [0.717, 1.165) is 0 Å². The highest BCUT2D eigenvalue weighted by Crippen LogP contribution is 2.56. The minimum absolute atomic E-state index is 0.0996. The standard InChI is InChI=1S/C19H10F6O8/c20-18(21,22)17(19(23,24)25,7-1-3-9(13(26)27)11(5-7)15(30)31)8-2-4-10(14(28)29)12(6-8)16(32)33/h1-6H,(H,26,27)(H,28,29)(H,30,31)(H,32,33). The van der Waals surface area contributed by atoms with Crippen molar-refractivity contribution in [1.29, 1.82) is 0 Å². The van der Waals surface area contributed by atoms with Crippen LogP contribution in [0.25, 0.3) is 0 Å². The van der Waals surface area contributed by atoms with E-state index < -0.39 is 75.0 Å². The topological polar surface area (TPSA) is 149 Å². The number of halogens is 6. The number of carboxylic acid groups (broad SMARTS) is 4. The summed E-state index contributed by atoms with van der Waals surface area (Å²) in [5.74, 6) is -8.16. The number of carboxylic acids is 4. The van der Waals surface area contributed by atoms with Crippen molar-refractivity contribution < 1.29 is 65.9 Å². The van der Waals surface area contributed by atoms with Crippen LogP contribution in [0.2, 0.25) is 0 Å². The summed E-state index contributed by atoms with van der Waals surface area (Å²) in [6, 6.07) is 0.412. The molecule has 0 heterocycles. The number of benzene rings is 2. The molecule has 0 spiro atoms. The predicted octanol–water partition coefficient (Wildman–Crippen LogP) is 3.89. The third kappa shape index (κ3) is 4.06. The van der Waals surface area contributed by atoms with Crippen molar-refractivity contribution in [2.24, 2.45) is 0 Å². The number of aromatic carboxylic acids is 4. The number of carbonyl (C=O) groups is 4. The van der Waals surface area contributed by atoms with Crippen molar-refractivity contribution in [2.45, 2.75) is 17.8 Å². The second kappa shape index (κ2) is 8.11. The fourth-order valence-corrected chi connectivity index (χ4v) is 3.26. The van der Waals surface area contributed by atoms with E-state index in [1.807, 2.05) is 0 Å². The molecule has 0 aliphatic carbocycles.